The van der Waals surface area contributed by atoms with Crippen molar-refractivity contribution >= 4 is 53.4 Å². The van der Waals surface area contributed by atoms with Gasteiger partial charge >= 0.3 is 110 Å². The van der Waals surface area contributed by atoms with Crippen LogP contribution in [0.15, 0.2) is 0 Å². The van der Waals surface area contributed by atoms with Gasteiger partial charge in [0.2, 0.25) is 0 Å². The second-order valence-electron chi connectivity index (χ2n) is 4.02. The van der Waals surface area contributed by atoms with Gasteiger partial charge in [0.1, 0.15) is 0 Å². The molecule has 14 heavy (non-hydrogen) atoms. The molecule has 0 aromatic carbocycles. The minimum atomic E-state index is 0.828. The second kappa shape index (κ2) is 5.38. The average molecular weight is 360 g/mol. The zero-order chi connectivity index (χ0) is 10.0. The second-order valence-corrected chi connectivity index (χ2v) is 15.3. The van der Waals surface area contributed by atoms with Crippen LogP contribution in [0.5, 0.6) is 0 Å². The molecule has 1 spiro atoms. The van der Waals surface area contributed by atoms with E-state index in [1.54, 1.807) is 11.7 Å². The van der Waals surface area contributed by atoms with E-state index < -0.39 is 0 Å². The van der Waals surface area contributed by atoms with Gasteiger partial charge in [0.25, 0.3) is 0 Å². The van der Waals surface area contributed by atoms with Crippen LogP contribution in [0.1, 0.15) is 26.7 Å². The summed E-state index contributed by atoms with van der Waals surface area (Å²) in [6.45, 7) is 4.87. The predicted octanol–water partition coefficient (Wildman–Crippen LogP) is 2.94. The summed E-state index contributed by atoms with van der Waals surface area (Å²) in [5.41, 5.74) is 0. The fourth-order valence-electron chi connectivity index (χ4n) is 1.76. The van der Waals surface area contributed by atoms with Crippen molar-refractivity contribution in [2.75, 3.05) is 5.75 Å². The van der Waals surface area contributed by atoms with Crippen molar-refractivity contribution in [1.29, 1.82) is 0 Å². The van der Waals surface area contributed by atoms with Crippen LogP contribution in [-0.4, -0.2) is 48.7 Å². The molecule has 0 N–H and O–H groups in total. The molecule has 2 rings (SSSR count). The van der Waals surface area contributed by atoms with Gasteiger partial charge in [0.05, 0.1) is 0 Å². The molecule has 0 aromatic heterocycles. The summed E-state index contributed by atoms with van der Waals surface area (Å²) >= 11 is 6.45. The van der Waals surface area contributed by atoms with Crippen LogP contribution in [0, 0.1) is 0 Å². The van der Waals surface area contributed by atoms with Crippen molar-refractivity contribution in [3.05, 3.63) is 0 Å². The van der Waals surface area contributed by atoms with E-state index in [-0.39, 0.29) is 0 Å². The Kier molecular flexibility index (Phi) is 4.69. The maximum absolute atomic E-state index is 2.44. The summed E-state index contributed by atoms with van der Waals surface area (Å²) in [6, 6.07) is 0. The molecule has 0 saturated carbocycles. The van der Waals surface area contributed by atoms with E-state index in [1.165, 1.54) is 17.5 Å². The Labute approximate surface area is 109 Å². The van der Waals surface area contributed by atoms with E-state index in [9.17, 15) is 0 Å². The van der Waals surface area contributed by atoms with Crippen molar-refractivity contribution in [1.82, 2.24) is 0 Å². The Morgan fingerprint density at radius 2 is 1.86 bits per heavy atom. The molecule has 0 amide bonds. The summed E-state index contributed by atoms with van der Waals surface area (Å²) in [7, 11) is 0. The fourth-order valence-corrected chi connectivity index (χ4v) is 14.9. The third-order valence-electron chi connectivity index (χ3n) is 2.49. The van der Waals surface area contributed by atoms with Crippen molar-refractivity contribution in [2.45, 2.75) is 50.4 Å². The molecule has 2 saturated heterocycles. The van der Waals surface area contributed by atoms with E-state index in [0.717, 1.165) is 43.0 Å². The number of rotatable bonds is 0. The molecule has 2 heterocycles. The van der Waals surface area contributed by atoms with Crippen LogP contribution in [0.2, 0.25) is 10.6 Å². The molecule has 3 atom stereocenters. The van der Waals surface area contributed by atoms with E-state index in [2.05, 4.69) is 37.4 Å². The number of hydrogen-bond donors (Lipinski definition) is 0. The zero-order valence-corrected chi connectivity index (χ0v) is 13.9. The Hall–Kier alpha value is 1.74. The summed E-state index contributed by atoms with van der Waals surface area (Å²) < 4.78 is 0.828. The number of thioether (sulfide) groups is 2. The molecule has 82 valence electrons. The van der Waals surface area contributed by atoms with Gasteiger partial charge in [-0.15, -0.1) is 0 Å². The Balaban J connectivity index is 1.96. The van der Waals surface area contributed by atoms with Gasteiger partial charge in [-0.25, -0.2) is 0 Å². The van der Waals surface area contributed by atoms with Gasteiger partial charge in [-0.3, -0.25) is 0 Å². The van der Waals surface area contributed by atoms with Crippen LogP contribution < -0.4 is 0 Å². The Morgan fingerprint density at radius 1 is 1.14 bits per heavy atom. The first-order valence-corrected chi connectivity index (χ1v) is 11.3. The quantitative estimate of drug-likeness (QED) is 0.610. The van der Waals surface area contributed by atoms with Gasteiger partial charge in [-0.2, -0.15) is 0 Å². The van der Waals surface area contributed by atoms with Crippen molar-refractivity contribution in [3.8, 4) is 0 Å². The fraction of sp³-hybridized carbons (Fsp3) is 1.00. The van der Waals surface area contributed by atoms with Gasteiger partial charge in [-0.05, 0) is 0 Å². The van der Waals surface area contributed by atoms with Crippen molar-refractivity contribution < 1.29 is 0 Å². The maximum atomic E-state index is 2.44. The monoisotopic (exact) mass is 362 g/mol. The molecular formula is C10H18S2Se2. The van der Waals surface area contributed by atoms with Gasteiger partial charge in [0.15, 0.2) is 0 Å². The minimum absolute atomic E-state index is 0.828. The predicted molar refractivity (Wildman–Crippen MR) is 72.1 cm³/mol. The molecular weight excluding hydrogens is 342 g/mol. The Bertz CT molecular complexity index is 201. The third kappa shape index (κ3) is 3.12. The molecule has 2 aliphatic heterocycles. The van der Waals surface area contributed by atoms with E-state index in [0.29, 0.717) is 0 Å². The molecule has 2 fully saturated rings. The van der Waals surface area contributed by atoms with E-state index >= 15 is 0 Å². The number of hydrogen-bond acceptors (Lipinski definition) is 2. The van der Waals surface area contributed by atoms with Crippen molar-refractivity contribution in [2.24, 2.45) is 0 Å². The first kappa shape index (κ1) is 12.2. The van der Waals surface area contributed by atoms with E-state index in [1.807, 2.05) is 0 Å². The first-order chi connectivity index (χ1) is 6.70. The summed E-state index contributed by atoms with van der Waals surface area (Å²) in [6.07, 6.45) is 3.03. The topological polar surface area (TPSA) is 0 Å². The molecule has 0 nitrogen and oxygen atoms in total. The molecule has 0 bridgehead atoms. The third-order valence-corrected chi connectivity index (χ3v) is 16.3. The Morgan fingerprint density at radius 3 is 2.57 bits per heavy atom. The normalized spacial score (nSPS) is 45.0. The molecule has 0 aromatic rings. The van der Waals surface area contributed by atoms with Crippen LogP contribution in [0.25, 0.3) is 0 Å². The standard InChI is InChI=1S/C10H18S2Se2/c1-8-6-13-10(4-3-5-11-8)12-9(2)7-14-10/h8-9H,3-7H2,1-2H3. The summed E-state index contributed by atoms with van der Waals surface area (Å²) in [5, 5.41) is 4.99. The van der Waals surface area contributed by atoms with Crippen LogP contribution in [-0.2, 0) is 0 Å². The van der Waals surface area contributed by atoms with Gasteiger partial charge < -0.3 is 0 Å². The van der Waals surface area contributed by atoms with Gasteiger partial charge in [-0.1, -0.05) is 0 Å². The molecule has 4 heteroatoms. The summed E-state index contributed by atoms with van der Waals surface area (Å²) in [4.78, 5) is 0. The molecule has 2 aliphatic rings. The SMILES string of the molecule is CC1C[Se]C2(CCCS1)SC(C)C[Se]2. The van der Waals surface area contributed by atoms with Crippen molar-refractivity contribution in [3.63, 3.8) is 0 Å². The van der Waals surface area contributed by atoms with Gasteiger partial charge in [0, 0.05) is 0 Å². The first-order valence-electron chi connectivity index (χ1n) is 5.27. The summed E-state index contributed by atoms with van der Waals surface area (Å²) in [5.74, 6) is 1.42. The van der Waals surface area contributed by atoms with Crippen LogP contribution >= 0.6 is 23.5 Å². The molecule has 0 radical (unpaired) electrons. The van der Waals surface area contributed by atoms with Crippen LogP contribution in [0.4, 0.5) is 0 Å². The molecule has 3 unspecified atom stereocenters. The van der Waals surface area contributed by atoms with E-state index in [4.69, 9.17) is 0 Å². The molecule has 0 aliphatic carbocycles. The average Bonchev–Trinajstić information content (AvgIpc) is 2.51. The zero-order valence-electron chi connectivity index (χ0n) is 8.82. The van der Waals surface area contributed by atoms with Crippen LogP contribution in [0.3, 0.4) is 0 Å².